The summed E-state index contributed by atoms with van der Waals surface area (Å²) in [6, 6.07) is 11.6. The molecule has 4 aromatic rings. The Morgan fingerprint density at radius 2 is 1.92 bits per heavy atom. The summed E-state index contributed by atoms with van der Waals surface area (Å²) in [6.45, 7) is 3.36. The molecule has 2 aliphatic rings. The summed E-state index contributed by atoms with van der Waals surface area (Å²) in [7, 11) is 1.40. The number of carbonyl (C=O) groups excluding carboxylic acids is 1. The predicted octanol–water partition coefficient (Wildman–Crippen LogP) is 4.12. The van der Waals surface area contributed by atoms with Crippen LogP contribution in [-0.2, 0) is 0 Å². The molecule has 4 heterocycles. The van der Waals surface area contributed by atoms with E-state index in [0.29, 0.717) is 28.4 Å². The highest BCUT2D eigenvalue weighted by Gasteiger charge is 2.39. The van der Waals surface area contributed by atoms with Crippen molar-refractivity contribution in [2.75, 3.05) is 25.1 Å². The summed E-state index contributed by atoms with van der Waals surface area (Å²) < 4.78 is 35.9. The van der Waals surface area contributed by atoms with Crippen molar-refractivity contribution in [3.63, 3.8) is 0 Å². The molecule has 3 N–H and O–H groups in total. The topological polar surface area (TPSA) is 106 Å². The monoisotopic (exact) mass is 528 g/mol. The molecule has 0 radical (unpaired) electrons. The summed E-state index contributed by atoms with van der Waals surface area (Å²) in [4.78, 5) is 28.0. The second kappa shape index (κ2) is 9.70. The summed E-state index contributed by atoms with van der Waals surface area (Å²) in [5, 5.41) is 3.48. The number of anilines is 1. The van der Waals surface area contributed by atoms with E-state index in [0.717, 1.165) is 25.2 Å². The van der Waals surface area contributed by atoms with Gasteiger partial charge in [0.15, 0.2) is 5.82 Å². The third-order valence-corrected chi connectivity index (χ3v) is 7.48. The molecule has 0 spiro atoms. The molecule has 2 fully saturated rings. The second-order valence-electron chi connectivity index (χ2n) is 9.77. The fourth-order valence-corrected chi connectivity index (χ4v) is 5.63. The maximum atomic E-state index is 15.8. The number of nitrogens with one attached hydrogen (secondary N) is 1. The Morgan fingerprint density at radius 3 is 2.62 bits per heavy atom. The number of methoxy groups -OCH3 is 1. The Kier molecular flexibility index (Phi) is 6.19. The van der Waals surface area contributed by atoms with Gasteiger partial charge in [0.05, 0.1) is 12.7 Å². The zero-order valence-corrected chi connectivity index (χ0v) is 21.4. The SMILES string of the molecule is COc1cccc(F)c1-c1ncc(-c2cc(F)c(-c3cccnc3C)cc2N2C[C@@H]3C[C@H]2CN3)c(C(N)=O)n1. The van der Waals surface area contributed by atoms with Crippen molar-refractivity contribution in [2.45, 2.75) is 25.4 Å². The van der Waals surface area contributed by atoms with E-state index in [2.05, 4.69) is 25.2 Å². The zero-order valence-electron chi connectivity index (χ0n) is 21.4. The number of pyridine rings is 1. The summed E-state index contributed by atoms with van der Waals surface area (Å²) in [5.41, 5.74) is 8.86. The van der Waals surface area contributed by atoms with Crippen molar-refractivity contribution >= 4 is 11.6 Å². The van der Waals surface area contributed by atoms with Crippen molar-refractivity contribution in [1.82, 2.24) is 20.3 Å². The second-order valence-corrected chi connectivity index (χ2v) is 9.77. The lowest BCUT2D eigenvalue weighted by atomic mass is 9.95. The van der Waals surface area contributed by atoms with Gasteiger partial charge in [-0.3, -0.25) is 9.78 Å². The maximum Gasteiger partial charge on any atom is 0.268 e. The number of benzene rings is 2. The Bertz CT molecular complexity index is 1610. The molecule has 2 aliphatic heterocycles. The molecule has 1 amide bonds. The van der Waals surface area contributed by atoms with Gasteiger partial charge >= 0.3 is 0 Å². The van der Waals surface area contributed by atoms with Crippen LogP contribution in [0.4, 0.5) is 14.5 Å². The molecule has 2 saturated heterocycles. The average Bonchev–Trinajstić information content (AvgIpc) is 3.57. The van der Waals surface area contributed by atoms with Crippen LogP contribution in [0.3, 0.4) is 0 Å². The van der Waals surface area contributed by atoms with Crippen LogP contribution in [-0.4, -0.2) is 53.1 Å². The molecule has 10 heteroatoms. The predicted molar refractivity (Wildman–Crippen MR) is 143 cm³/mol. The average molecular weight is 529 g/mol. The number of fused-ring (bicyclic) bond motifs is 2. The lowest BCUT2D eigenvalue weighted by Gasteiger charge is -2.32. The van der Waals surface area contributed by atoms with Gasteiger partial charge in [-0.05, 0) is 43.7 Å². The third-order valence-electron chi connectivity index (χ3n) is 7.48. The fourth-order valence-electron chi connectivity index (χ4n) is 5.63. The molecule has 0 unspecified atom stereocenters. The van der Waals surface area contributed by atoms with Crippen molar-refractivity contribution in [3.05, 3.63) is 77.9 Å². The van der Waals surface area contributed by atoms with Crippen LogP contribution >= 0.6 is 0 Å². The summed E-state index contributed by atoms with van der Waals surface area (Å²) in [5.74, 6) is -1.78. The van der Waals surface area contributed by atoms with E-state index in [-0.39, 0.29) is 34.4 Å². The normalized spacial score (nSPS) is 18.0. The molecule has 6 rings (SSSR count). The quantitative estimate of drug-likeness (QED) is 0.388. The van der Waals surface area contributed by atoms with E-state index in [4.69, 9.17) is 10.5 Å². The zero-order chi connectivity index (χ0) is 27.3. The maximum absolute atomic E-state index is 15.8. The van der Waals surface area contributed by atoms with Crippen molar-refractivity contribution in [2.24, 2.45) is 5.73 Å². The van der Waals surface area contributed by atoms with Crippen LogP contribution in [0.1, 0.15) is 22.6 Å². The van der Waals surface area contributed by atoms with E-state index in [1.165, 1.54) is 31.5 Å². The van der Waals surface area contributed by atoms with Gasteiger partial charge in [0.25, 0.3) is 5.91 Å². The Hall–Kier alpha value is -4.44. The number of primary amides is 1. The number of rotatable bonds is 6. The van der Waals surface area contributed by atoms with Gasteiger partial charge in [0.2, 0.25) is 0 Å². The first kappa shape index (κ1) is 24.9. The standard InChI is InChI=1S/C29H26F2N6O2/c1-15-18(5-4-8-33-15)19-11-24(37-14-16-9-17(37)12-34-16)20(10-23(19)31)21-13-35-29(36-27(21)28(32)38)26-22(30)6-3-7-25(26)39-2/h3-8,10-11,13,16-17,34H,9,12,14H2,1-2H3,(H2,32,38)/t16-,17-/m0/s1. The Balaban J connectivity index is 1.56. The summed E-state index contributed by atoms with van der Waals surface area (Å²) >= 11 is 0. The largest absolute Gasteiger partial charge is 0.496 e. The number of aryl methyl sites for hydroxylation is 1. The van der Waals surface area contributed by atoms with Crippen LogP contribution in [0.25, 0.3) is 33.6 Å². The minimum Gasteiger partial charge on any atom is -0.496 e. The Labute approximate surface area is 223 Å². The van der Waals surface area contributed by atoms with Crippen LogP contribution in [0, 0.1) is 18.6 Å². The smallest absolute Gasteiger partial charge is 0.268 e. The van der Waals surface area contributed by atoms with E-state index < -0.39 is 17.5 Å². The van der Waals surface area contributed by atoms with E-state index in [1.54, 1.807) is 24.4 Å². The third kappa shape index (κ3) is 4.26. The number of hydrogen-bond acceptors (Lipinski definition) is 7. The lowest BCUT2D eigenvalue weighted by molar-refractivity contribution is 0.0996. The van der Waals surface area contributed by atoms with Gasteiger partial charge in [-0.15, -0.1) is 0 Å². The molecule has 0 saturated carbocycles. The van der Waals surface area contributed by atoms with E-state index in [9.17, 15) is 9.18 Å². The molecule has 39 heavy (non-hydrogen) atoms. The van der Waals surface area contributed by atoms with Gasteiger partial charge in [0, 0.05) is 71.2 Å². The number of ether oxygens (including phenoxy) is 1. The lowest BCUT2D eigenvalue weighted by Crippen LogP contribution is -2.43. The molecule has 198 valence electrons. The summed E-state index contributed by atoms with van der Waals surface area (Å²) in [6.07, 6.45) is 4.02. The number of piperazine rings is 1. The van der Waals surface area contributed by atoms with Gasteiger partial charge in [0.1, 0.15) is 23.1 Å². The molecule has 2 aromatic carbocycles. The molecule has 0 aliphatic carbocycles. The molecule has 2 atom stereocenters. The molecular formula is C29H26F2N6O2. The highest BCUT2D eigenvalue weighted by atomic mass is 19.1. The van der Waals surface area contributed by atoms with Crippen molar-refractivity contribution in [1.29, 1.82) is 0 Å². The van der Waals surface area contributed by atoms with Crippen LogP contribution in [0.2, 0.25) is 0 Å². The molecule has 2 bridgehead atoms. The molecular weight excluding hydrogens is 502 g/mol. The fraction of sp³-hybridized carbons (Fsp3) is 0.241. The van der Waals surface area contributed by atoms with Crippen molar-refractivity contribution in [3.8, 4) is 39.4 Å². The van der Waals surface area contributed by atoms with E-state index >= 15 is 4.39 Å². The number of amides is 1. The number of carbonyl (C=O) groups is 1. The van der Waals surface area contributed by atoms with Gasteiger partial charge in [-0.25, -0.2) is 18.7 Å². The van der Waals surface area contributed by atoms with Crippen LogP contribution < -0.4 is 20.7 Å². The van der Waals surface area contributed by atoms with Crippen LogP contribution in [0.5, 0.6) is 5.75 Å². The van der Waals surface area contributed by atoms with Gasteiger partial charge in [-0.1, -0.05) is 12.1 Å². The number of halogens is 2. The minimum absolute atomic E-state index is 0.00535. The number of nitrogens with two attached hydrogens (primary N) is 1. The van der Waals surface area contributed by atoms with Crippen molar-refractivity contribution < 1.29 is 18.3 Å². The highest BCUT2D eigenvalue weighted by molar-refractivity contribution is 6.00. The Morgan fingerprint density at radius 1 is 1.08 bits per heavy atom. The number of nitrogens with zero attached hydrogens (tertiary/aromatic N) is 4. The van der Waals surface area contributed by atoms with Crippen LogP contribution in [0.15, 0.2) is 54.9 Å². The molecule has 2 aromatic heterocycles. The first-order chi connectivity index (χ1) is 18.9. The first-order valence-electron chi connectivity index (χ1n) is 12.6. The van der Waals surface area contributed by atoms with E-state index in [1.807, 2.05) is 13.0 Å². The number of aromatic nitrogens is 3. The first-order valence-corrected chi connectivity index (χ1v) is 12.6. The van der Waals surface area contributed by atoms with Gasteiger partial charge in [-0.2, -0.15) is 0 Å². The highest BCUT2D eigenvalue weighted by Crippen LogP contribution is 2.42. The van der Waals surface area contributed by atoms with Gasteiger partial charge < -0.3 is 20.7 Å². The minimum atomic E-state index is -0.841. The number of hydrogen-bond donors (Lipinski definition) is 2. The molecule has 8 nitrogen and oxygen atoms in total.